The molecule has 3 unspecified atom stereocenters. The first kappa shape index (κ1) is 20.2. The molecular weight excluding hydrogens is 342 g/mol. The Hall–Kier alpha value is -1.56. The Labute approximate surface area is 163 Å². The molecule has 0 bridgehead atoms. The number of methoxy groups -OCH3 is 1. The van der Waals surface area contributed by atoms with E-state index in [0.717, 1.165) is 43.0 Å². The highest BCUT2D eigenvalue weighted by Crippen LogP contribution is 2.39. The molecule has 150 valence electrons. The van der Waals surface area contributed by atoms with Gasteiger partial charge in [-0.3, -0.25) is 0 Å². The highest BCUT2D eigenvalue weighted by molar-refractivity contribution is 5.50. The third-order valence-corrected chi connectivity index (χ3v) is 5.58. The van der Waals surface area contributed by atoms with Crippen molar-refractivity contribution in [1.29, 1.82) is 0 Å². The minimum Gasteiger partial charge on any atom is -0.493 e. The average molecular weight is 376 g/mol. The molecule has 1 spiro atoms. The zero-order chi connectivity index (χ0) is 19.4. The van der Waals surface area contributed by atoms with Gasteiger partial charge < -0.3 is 23.8 Å². The van der Waals surface area contributed by atoms with Crippen molar-refractivity contribution in [3.8, 4) is 11.5 Å². The van der Waals surface area contributed by atoms with Crippen molar-refractivity contribution in [2.75, 3.05) is 27.3 Å². The normalized spacial score (nSPS) is 27.5. The lowest BCUT2D eigenvalue weighted by Crippen LogP contribution is -2.38. The van der Waals surface area contributed by atoms with Crippen molar-refractivity contribution >= 4 is 0 Å². The zero-order valence-electron chi connectivity index (χ0n) is 17.3. The van der Waals surface area contributed by atoms with Crippen molar-refractivity contribution < 1.29 is 18.9 Å². The molecule has 0 amide bonds. The van der Waals surface area contributed by atoms with Crippen LogP contribution in [0.5, 0.6) is 11.5 Å². The highest BCUT2D eigenvalue weighted by atomic mass is 16.7. The van der Waals surface area contributed by atoms with Crippen LogP contribution in [0.3, 0.4) is 0 Å². The second-order valence-electron chi connectivity index (χ2n) is 7.56. The number of ether oxygens (including phenoxy) is 4. The first-order valence-corrected chi connectivity index (χ1v) is 10.0. The molecule has 1 heterocycles. The number of nitrogens with zero attached hydrogens (tertiary/aromatic N) is 1. The quantitative estimate of drug-likeness (QED) is 0.672. The van der Waals surface area contributed by atoms with Gasteiger partial charge in [-0.2, -0.15) is 0 Å². The second-order valence-corrected chi connectivity index (χ2v) is 7.56. The largest absolute Gasteiger partial charge is 0.493 e. The number of hydrogen-bond acceptors (Lipinski definition) is 5. The minimum atomic E-state index is -0.634. The molecule has 1 aliphatic heterocycles. The first-order chi connectivity index (χ1) is 13.0. The van der Waals surface area contributed by atoms with E-state index in [0.29, 0.717) is 13.0 Å². The fourth-order valence-corrected chi connectivity index (χ4v) is 3.69. The van der Waals surface area contributed by atoms with Crippen LogP contribution in [0.1, 0.15) is 44.2 Å². The fourth-order valence-electron chi connectivity index (χ4n) is 3.69. The van der Waals surface area contributed by atoms with Crippen molar-refractivity contribution in [3.05, 3.63) is 35.4 Å². The summed E-state index contributed by atoms with van der Waals surface area (Å²) in [6.07, 6.45) is 6.83. The molecule has 0 radical (unpaired) electrons. The molecule has 5 nitrogen and oxygen atoms in total. The van der Waals surface area contributed by atoms with E-state index in [1.54, 1.807) is 7.11 Å². The number of rotatable bonds is 7. The summed E-state index contributed by atoms with van der Waals surface area (Å²) in [6.45, 7) is 8.94. The molecule has 1 fully saturated rings. The van der Waals surface area contributed by atoms with Crippen molar-refractivity contribution in [1.82, 2.24) is 4.90 Å². The summed E-state index contributed by atoms with van der Waals surface area (Å²) in [5, 5.41) is 0. The van der Waals surface area contributed by atoms with Crippen molar-refractivity contribution in [3.63, 3.8) is 0 Å². The Morgan fingerprint density at radius 3 is 2.78 bits per heavy atom. The zero-order valence-corrected chi connectivity index (χ0v) is 17.3. The molecule has 0 saturated carbocycles. The highest BCUT2D eigenvalue weighted by Gasteiger charge is 2.43. The molecule has 1 aromatic rings. The van der Waals surface area contributed by atoms with Gasteiger partial charge in [0.15, 0.2) is 17.3 Å². The summed E-state index contributed by atoms with van der Waals surface area (Å²) in [5.41, 5.74) is 2.40. The number of benzene rings is 1. The van der Waals surface area contributed by atoms with Gasteiger partial charge in [0.05, 0.1) is 19.8 Å². The second kappa shape index (κ2) is 8.63. The van der Waals surface area contributed by atoms with Gasteiger partial charge in [0.1, 0.15) is 6.10 Å². The molecular formula is C22H33NO4. The van der Waals surface area contributed by atoms with Gasteiger partial charge in [-0.25, -0.2) is 0 Å². The third-order valence-electron chi connectivity index (χ3n) is 5.58. The average Bonchev–Trinajstić information content (AvgIpc) is 3.07. The van der Waals surface area contributed by atoms with Gasteiger partial charge in [0.2, 0.25) is 0 Å². The summed E-state index contributed by atoms with van der Waals surface area (Å²) in [4.78, 5) is 2.28. The molecule has 1 aliphatic carbocycles. The lowest BCUT2D eigenvalue weighted by atomic mass is 9.98. The number of hydrogen-bond donors (Lipinski definition) is 0. The van der Waals surface area contributed by atoms with E-state index in [9.17, 15) is 0 Å². The Morgan fingerprint density at radius 2 is 2.11 bits per heavy atom. The van der Waals surface area contributed by atoms with Crippen LogP contribution in [0.2, 0.25) is 0 Å². The van der Waals surface area contributed by atoms with E-state index in [2.05, 4.69) is 50.9 Å². The lowest BCUT2D eigenvalue weighted by molar-refractivity contribution is -0.151. The Balaban J connectivity index is 1.78. The van der Waals surface area contributed by atoms with Crippen LogP contribution >= 0.6 is 0 Å². The Kier molecular flexibility index (Phi) is 6.45. The fraction of sp³-hybridized carbons (Fsp3) is 0.636. The van der Waals surface area contributed by atoms with E-state index < -0.39 is 5.79 Å². The predicted octanol–water partition coefficient (Wildman–Crippen LogP) is 4.07. The summed E-state index contributed by atoms with van der Waals surface area (Å²) in [7, 11) is 3.82. The van der Waals surface area contributed by atoms with Gasteiger partial charge in [-0.1, -0.05) is 26.0 Å². The van der Waals surface area contributed by atoms with Crippen molar-refractivity contribution in [2.45, 2.75) is 64.6 Å². The van der Waals surface area contributed by atoms with Crippen LogP contribution in [0.15, 0.2) is 24.3 Å². The summed E-state index contributed by atoms with van der Waals surface area (Å²) >= 11 is 0. The molecule has 2 aliphatic rings. The summed E-state index contributed by atoms with van der Waals surface area (Å²) in [6, 6.07) is 4.13. The minimum absolute atomic E-state index is 0.00244. The molecule has 0 N–H and O–H groups in total. The van der Waals surface area contributed by atoms with Crippen molar-refractivity contribution in [2.24, 2.45) is 0 Å². The lowest BCUT2D eigenvalue weighted by Gasteiger charge is -2.33. The van der Waals surface area contributed by atoms with E-state index in [4.69, 9.17) is 18.9 Å². The maximum Gasteiger partial charge on any atom is 0.191 e. The summed E-state index contributed by atoms with van der Waals surface area (Å²) < 4.78 is 24.2. The molecule has 1 aromatic carbocycles. The van der Waals surface area contributed by atoms with Crippen LogP contribution in [-0.2, 0) is 16.0 Å². The molecule has 27 heavy (non-hydrogen) atoms. The standard InChI is InChI=1S/C22H33NO4/c1-6-18-15-25-22(27-18)12-8-9-19(13-22)26-21-16(3)17(14-23(4)7-2)10-11-20(21)24-5/h8,10-12,18-19H,6-7,9,13-15H2,1-5H3. The van der Waals surface area contributed by atoms with Crippen LogP contribution < -0.4 is 9.47 Å². The first-order valence-electron chi connectivity index (χ1n) is 10.0. The molecule has 3 atom stereocenters. The van der Waals surface area contributed by atoms with Gasteiger partial charge in [-0.15, -0.1) is 0 Å². The van der Waals surface area contributed by atoms with Gasteiger partial charge in [-0.05, 0) is 50.2 Å². The monoisotopic (exact) mass is 375 g/mol. The Bertz CT molecular complexity index is 675. The van der Waals surface area contributed by atoms with Gasteiger partial charge in [0.25, 0.3) is 0 Å². The predicted molar refractivity (Wildman–Crippen MR) is 106 cm³/mol. The SMILES string of the molecule is CCC1COC2(C=CCC(Oc3c(OC)ccc(CN(C)CC)c3C)C2)O1. The Morgan fingerprint density at radius 1 is 1.30 bits per heavy atom. The molecule has 0 aromatic heterocycles. The van der Waals surface area contributed by atoms with Crippen LogP contribution in [0, 0.1) is 6.92 Å². The van der Waals surface area contributed by atoms with E-state index in [1.165, 1.54) is 5.56 Å². The maximum atomic E-state index is 6.46. The summed E-state index contributed by atoms with van der Waals surface area (Å²) in [5.74, 6) is 0.976. The van der Waals surface area contributed by atoms with E-state index in [-0.39, 0.29) is 12.2 Å². The molecule has 5 heteroatoms. The topological polar surface area (TPSA) is 40.2 Å². The maximum absolute atomic E-state index is 6.46. The van der Waals surface area contributed by atoms with E-state index >= 15 is 0 Å². The van der Waals surface area contributed by atoms with Crippen LogP contribution in [0.4, 0.5) is 0 Å². The van der Waals surface area contributed by atoms with Gasteiger partial charge in [0, 0.05) is 19.4 Å². The third kappa shape index (κ3) is 4.48. The smallest absolute Gasteiger partial charge is 0.191 e. The van der Waals surface area contributed by atoms with E-state index in [1.807, 2.05) is 6.07 Å². The molecule has 3 rings (SSSR count). The molecule has 1 saturated heterocycles. The van der Waals surface area contributed by atoms with Gasteiger partial charge >= 0.3 is 0 Å². The van der Waals surface area contributed by atoms with Crippen LogP contribution in [0.25, 0.3) is 0 Å². The van der Waals surface area contributed by atoms with Crippen LogP contribution in [-0.4, -0.2) is 50.2 Å².